The fraction of sp³-hybridized carbons (Fsp3) is 0.524. The van der Waals surface area contributed by atoms with Gasteiger partial charge in [-0.05, 0) is 49.8 Å². The predicted octanol–water partition coefficient (Wildman–Crippen LogP) is 4.35. The summed E-state index contributed by atoms with van der Waals surface area (Å²) in [5.74, 6) is 6.39. The van der Waals surface area contributed by atoms with Crippen molar-refractivity contribution in [3.63, 3.8) is 0 Å². The SMILES string of the molecule is CC#CC(O)CC(C)(C)/C=C/C[C@@H](C)OCc1ccc(OC)cc1. The maximum absolute atomic E-state index is 9.80. The van der Waals surface area contributed by atoms with Crippen LogP contribution in [0.3, 0.4) is 0 Å². The van der Waals surface area contributed by atoms with E-state index in [1.807, 2.05) is 24.3 Å². The normalized spacial score (nSPS) is 14.1. The van der Waals surface area contributed by atoms with Crippen LogP contribution in [-0.2, 0) is 11.3 Å². The minimum Gasteiger partial charge on any atom is -0.497 e. The van der Waals surface area contributed by atoms with Gasteiger partial charge in [-0.25, -0.2) is 0 Å². The van der Waals surface area contributed by atoms with Crippen molar-refractivity contribution in [3.05, 3.63) is 42.0 Å². The molecule has 1 aromatic rings. The van der Waals surface area contributed by atoms with Gasteiger partial charge in [-0.3, -0.25) is 0 Å². The Hall–Kier alpha value is -1.76. The van der Waals surface area contributed by atoms with Crippen LogP contribution >= 0.6 is 0 Å². The zero-order valence-electron chi connectivity index (χ0n) is 15.5. The van der Waals surface area contributed by atoms with E-state index >= 15 is 0 Å². The number of methoxy groups -OCH3 is 1. The van der Waals surface area contributed by atoms with E-state index in [0.29, 0.717) is 13.0 Å². The molecule has 0 aliphatic carbocycles. The minimum absolute atomic E-state index is 0.0844. The molecule has 1 rings (SSSR count). The second-order valence-corrected chi connectivity index (χ2v) is 6.71. The van der Waals surface area contributed by atoms with Gasteiger partial charge in [0, 0.05) is 0 Å². The average Bonchev–Trinajstić information content (AvgIpc) is 2.53. The van der Waals surface area contributed by atoms with E-state index in [9.17, 15) is 5.11 Å². The molecule has 2 atom stereocenters. The summed E-state index contributed by atoms with van der Waals surface area (Å²) in [5.41, 5.74) is 1.05. The first-order chi connectivity index (χ1) is 11.4. The first-order valence-corrected chi connectivity index (χ1v) is 8.39. The number of aliphatic hydroxyl groups excluding tert-OH is 1. The molecule has 0 bridgehead atoms. The van der Waals surface area contributed by atoms with Gasteiger partial charge in [-0.1, -0.05) is 44.1 Å². The largest absolute Gasteiger partial charge is 0.497 e. The Morgan fingerprint density at radius 3 is 2.50 bits per heavy atom. The van der Waals surface area contributed by atoms with E-state index in [4.69, 9.17) is 9.47 Å². The lowest BCUT2D eigenvalue weighted by atomic mass is 9.86. The monoisotopic (exact) mass is 330 g/mol. The molecule has 0 spiro atoms. The van der Waals surface area contributed by atoms with Crippen molar-refractivity contribution in [2.24, 2.45) is 5.41 Å². The number of hydrogen-bond donors (Lipinski definition) is 1. The molecule has 24 heavy (non-hydrogen) atoms. The number of ether oxygens (including phenoxy) is 2. The van der Waals surface area contributed by atoms with Crippen LogP contribution in [-0.4, -0.2) is 24.4 Å². The number of benzene rings is 1. The number of rotatable bonds is 9. The van der Waals surface area contributed by atoms with E-state index in [-0.39, 0.29) is 11.5 Å². The second kappa shape index (κ2) is 10.2. The molecule has 0 heterocycles. The molecule has 3 nitrogen and oxygen atoms in total. The molecule has 1 unspecified atom stereocenters. The van der Waals surface area contributed by atoms with Crippen LogP contribution in [0.1, 0.15) is 46.1 Å². The number of aliphatic hydroxyl groups is 1. The zero-order valence-corrected chi connectivity index (χ0v) is 15.5. The molecule has 0 radical (unpaired) electrons. The summed E-state index contributed by atoms with van der Waals surface area (Å²) in [4.78, 5) is 0. The molecule has 0 fully saturated rings. The van der Waals surface area contributed by atoms with Crippen LogP contribution in [0.25, 0.3) is 0 Å². The van der Waals surface area contributed by atoms with Gasteiger partial charge in [-0.2, -0.15) is 0 Å². The van der Waals surface area contributed by atoms with Crippen molar-refractivity contribution in [1.29, 1.82) is 0 Å². The van der Waals surface area contributed by atoms with Gasteiger partial charge >= 0.3 is 0 Å². The minimum atomic E-state index is -0.571. The Bertz CT molecular complexity index is 561. The highest BCUT2D eigenvalue weighted by molar-refractivity contribution is 5.26. The molecule has 1 N–H and O–H groups in total. The van der Waals surface area contributed by atoms with Crippen LogP contribution in [0.2, 0.25) is 0 Å². The van der Waals surface area contributed by atoms with Gasteiger partial charge in [-0.15, -0.1) is 5.92 Å². The predicted molar refractivity (Wildman–Crippen MR) is 98.9 cm³/mol. The van der Waals surface area contributed by atoms with Crippen LogP contribution in [0, 0.1) is 17.3 Å². The molecular formula is C21H30O3. The summed E-state index contributed by atoms with van der Waals surface area (Å²) >= 11 is 0. The summed E-state index contributed by atoms with van der Waals surface area (Å²) in [5, 5.41) is 9.80. The maximum atomic E-state index is 9.80. The summed E-state index contributed by atoms with van der Waals surface area (Å²) in [6.07, 6.45) is 5.31. The second-order valence-electron chi connectivity index (χ2n) is 6.71. The number of allylic oxidation sites excluding steroid dienone is 1. The molecule has 3 heteroatoms. The van der Waals surface area contributed by atoms with Gasteiger partial charge in [0.25, 0.3) is 0 Å². The van der Waals surface area contributed by atoms with E-state index in [1.165, 1.54) is 0 Å². The Labute approximate surface area is 146 Å². The van der Waals surface area contributed by atoms with Gasteiger partial charge in [0.1, 0.15) is 11.9 Å². The number of hydrogen-bond acceptors (Lipinski definition) is 3. The molecule has 1 aromatic carbocycles. The molecule has 132 valence electrons. The van der Waals surface area contributed by atoms with Crippen molar-refractivity contribution in [2.45, 2.75) is 59.4 Å². The summed E-state index contributed by atoms with van der Waals surface area (Å²) in [7, 11) is 1.66. The molecular weight excluding hydrogens is 300 g/mol. The Balaban J connectivity index is 2.38. The lowest BCUT2D eigenvalue weighted by Crippen LogP contribution is -2.17. The molecule has 0 amide bonds. The summed E-state index contributed by atoms with van der Waals surface area (Å²) in [6, 6.07) is 7.91. The Morgan fingerprint density at radius 2 is 1.92 bits per heavy atom. The zero-order chi connectivity index (χ0) is 18.0. The maximum Gasteiger partial charge on any atom is 0.118 e. The third kappa shape index (κ3) is 8.19. The first kappa shape index (κ1) is 20.3. The standard InChI is InChI=1S/C21H30O3/c1-6-8-19(22)15-21(3,4)14-7-9-17(2)24-16-18-10-12-20(23-5)13-11-18/h7,10-14,17,19,22H,9,15-16H2,1-5H3/b14-7+/t17-,19?/m1/s1. The van der Waals surface area contributed by atoms with Crippen LogP contribution in [0.15, 0.2) is 36.4 Å². The van der Waals surface area contributed by atoms with Crippen LogP contribution in [0.5, 0.6) is 5.75 Å². The van der Waals surface area contributed by atoms with Crippen molar-refractivity contribution in [3.8, 4) is 17.6 Å². The van der Waals surface area contributed by atoms with Crippen LogP contribution in [0.4, 0.5) is 0 Å². The van der Waals surface area contributed by atoms with E-state index in [1.54, 1.807) is 14.0 Å². The van der Waals surface area contributed by atoms with Crippen molar-refractivity contribution in [2.75, 3.05) is 7.11 Å². The first-order valence-electron chi connectivity index (χ1n) is 8.39. The van der Waals surface area contributed by atoms with Crippen LogP contribution < -0.4 is 4.74 Å². The van der Waals surface area contributed by atoms with E-state index in [2.05, 4.69) is 44.8 Å². The summed E-state index contributed by atoms with van der Waals surface area (Å²) in [6.45, 7) is 8.61. The molecule has 0 aromatic heterocycles. The molecule has 0 saturated carbocycles. The van der Waals surface area contributed by atoms with E-state index < -0.39 is 6.10 Å². The van der Waals surface area contributed by atoms with Gasteiger partial charge in [0.2, 0.25) is 0 Å². The summed E-state index contributed by atoms with van der Waals surface area (Å²) < 4.78 is 11.0. The fourth-order valence-corrected chi connectivity index (χ4v) is 2.39. The fourth-order valence-electron chi connectivity index (χ4n) is 2.39. The molecule has 0 aliphatic rings. The molecule has 0 aliphatic heterocycles. The highest BCUT2D eigenvalue weighted by atomic mass is 16.5. The van der Waals surface area contributed by atoms with Gasteiger partial charge in [0.15, 0.2) is 0 Å². The van der Waals surface area contributed by atoms with Gasteiger partial charge in [0.05, 0.1) is 19.8 Å². The van der Waals surface area contributed by atoms with E-state index in [0.717, 1.165) is 17.7 Å². The Morgan fingerprint density at radius 1 is 1.25 bits per heavy atom. The topological polar surface area (TPSA) is 38.7 Å². The Kier molecular flexibility index (Phi) is 8.60. The third-order valence-corrected chi connectivity index (χ3v) is 3.76. The van der Waals surface area contributed by atoms with Crippen molar-refractivity contribution in [1.82, 2.24) is 0 Å². The van der Waals surface area contributed by atoms with Crippen molar-refractivity contribution < 1.29 is 14.6 Å². The highest BCUT2D eigenvalue weighted by Gasteiger charge is 2.17. The highest BCUT2D eigenvalue weighted by Crippen LogP contribution is 2.24. The van der Waals surface area contributed by atoms with Gasteiger partial charge < -0.3 is 14.6 Å². The smallest absolute Gasteiger partial charge is 0.118 e. The van der Waals surface area contributed by atoms with Crippen molar-refractivity contribution >= 4 is 0 Å². The lowest BCUT2D eigenvalue weighted by Gasteiger charge is -2.21. The lowest BCUT2D eigenvalue weighted by molar-refractivity contribution is 0.0550. The average molecular weight is 330 g/mol. The third-order valence-electron chi connectivity index (χ3n) is 3.76. The quantitative estimate of drug-likeness (QED) is 0.540. The molecule has 0 saturated heterocycles.